The highest BCUT2D eigenvalue weighted by Gasteiger charge is 2.35. The van der Waals surface area contributed by atoms with Crippen molar-refractivity contribution in [3.8, 4) is 0 Å². The van der Waals surface area contributed by atoms with Gasteiger partial charge in [0.2, 0.25) is 0 Å². The first-order valence-corrected chi connectivity index (χ1v) is 12.1. The SMILES string of the molecule is CC/C=C(\C)C1CN(C2Cc3ccc(CCc4cccc(C(C)(C)F)c4C)cc3C2)C1. The lowest BCUT2D eigenvalue weighted by Crippen LogP contribution is -2.52. The van der Waals surface area contributed by atoms with E-state index in [0.29, 0.717) is 6.04 Å². The molecule has 2 aliphatic rings. The van der Waals surface area contributed by atoms with E-state index in [1.54, 1.807) is 25.0 Å². The normalized spacial score (nSPS) is 20.1. The van der Waals surface area contributed by atoms with Crippen LogP contribution in [0.15, 0.2) is 48.0 Å². The maximum atomic E-state index is 14.5. The molecule has 1 heterocycles. The zero-order valence-electron chi connectivity index (χ0n) is 20.0. The van der Waals surface area contributed by atoms with Gasteiger partial charge in [-0.2, -0.15) is 0 Å². The molecule has 4 rings (SSSR count). The summed E-state index contributed by atoms with van der Waals surface area (Å²) < 4.78 is 14.5. The molecule has 2 aromatic carbocycles. The molecule has 0 bridgehead atoms. The van der Waals surface area contributed by atoms with Gasteiger partial charge >= 0.3 is 0 Å². The van der Waals surface area contributed by atoms with E-state index in [2.05, 4.69) is 56.0 Å². The molecule has 0 saturated carbocycles. The van der Waals surface area contributed by atoms with Gasteiger partial charge in [-0.25, -0.2) is 4.39 Å². The first kappa shape index (κ1) is 22.3. The molecule has 2 aromatic rings. The van der Waals surface area contributed by atoms with Crippen molar-refractivity contribution in [2.45, 2.75) is 78.4 Å². The Morgan fingerprint density at radius 3 is 2.55 bits per heavy atom. The number of benzene rings is 2. The summed E-state index contributed by atoms with van der Waals surface area (Å²) in [7, 11) is 0. The van der Waals surface area contributed by atoms with Crippen molar-refractivity contribution in [2.75, 3.05) is 13.1 Å². The summed E-state index contributed by atoms with van der Waals surface area (Å²) in [6, 6.07) is 13.9. The minimum atomic E-state index is -1.29. The fourth-order valence-electron chi connectivity index (χ4n) is 5.53. The Kier molecular flexibility index (Phi) is 6.40. The average molecular weight is 420 g/mol. The quantitative estimate of drug-likeness (QED) is 0.449. The number of hydrogen-bond acceptors (Lipinski definition) is 1. The van der Waals surface area contributed by atoms with Crippen LogP contribution in [0.2, 0.25) is 0 Å². The highest BCUT2D eigenvalue weighted by atomic mass is 19.1. The van der Waals surface area contributed by atoms with Gasteiger partial charge in [0.15, 0.2) is 0 Å². The minimum Gasteiger partial charge on any atom is -0.298 e. The van der Waals surface area contributed by atoms with Crippen molar-refractivity contribution < 1.29 is 4.39 Å². The number of hydrogen-bond donors (Lipinski definition) is 0. The summed E-state index contributed by atoms with van der Waals surface area (Å²) in [5.41, 5.74) is 7.97. The monoisotopic (exact) mass is 419 g/mol. The van der Waals surface area contributed by atoms with Crippen molar-refractivity contribution >= 4 is 0 Å². The second kappa shape index (κ2) is 8.90. The Labute approximate surface area is 188 Å². The molecule has 1 aliphatic carbocycles. The van der Waals surface area contributed by atoms with Gasteiger partial charge in [0.05, 0.1) is 0 Å². The number of halogens is 1. The van der Waals surface area contributed by atoms with E-state index in [4.69, 9.17) is 0 Å². The van der Waals surface area contributed by atoms with E-state index in [0.717, 1.165) is 36.3 Å². The van der Waals surface area contributed by atoms with Crippen molar-refractivity contribution in [3.63, 3.8) is 0 Å². The molecular weight excluding hydrogens is 381 g/mol. The molecular formula is C29H38FN. The van der Waals surface area contributed by atoms with E-state index in [1.165, 1.54) is 42.6 Å². The van der Waals surface area contributed by atoms with Crippen LogP contribution >= 0.6 is 0 Å². The van der Waals surface area contributed by atoms with E-state index in [9.17, 15) is 4.39 Å². The molecule has 1 unspecified atom stereocenters. The Morgan fingerprint density at radius 2 is 1.84 bits per heavy atom. The average Bonchev–Trinajstić information content (AvgIpc) is 3.08. The summed E-state index contributed by atoms with van der Waals surface area (Å²) in [5, 5.41) is 0. The Balaban J connectivity index is 1.37. The topological polar surface area (TPSA) is 3.24 Å². The number of aryl methyl sites for hydroxylation is 2. The van der Waals surface area contributed by atoms with Crippen LogP contribution in [0, 0.1) is 12.8 Å². The second-order valence-electron chi connectivity index (χ2n) is 10.2. The van der Waals surface area contributed by atoms with Crippen LogP contribution in [0.3, 0.4) is 0 Å². The molecule has 2 heteroatoms. The molecule has 1 aliphatic heterocycles. The molecule has 0 spiro atoms. The molecule has 1 saturated heterocycles. The van der Waals surface area contributed by atoms with E-state index in [1.807, 2.05) is 12.1 Å². The fourth-order valence-corrected chi connectivity index (χ4v) is 5.53. The summed E-state index contributed by atoms with van der Waals surface area (Å²) in [6.07, 6.45) is 7.91. The summed E-state index contributed by atoms with van der Waals surface area (Å²) >= 11 is 0. The third-order valence-corrected chi connectivity index (χ3v) is 7.55. The van der Waals surface area contributed by atoms with Gasteiger partial charge in [0.1, 0.15) is 5.67 Å². The van der Waals surface area contributed by atoms with Crippen LogP contribution in [-0.2, 0) is 31.4 Å². The van der Waals surface area contributed by atoms with Crippen LogP contribution in [0.1, 0.15) is 67.5 Å². The number of fused-ring (bicyclic) bond motifs is 1. The van der Waals surface area contributed by atoms with Gasteiger partial charge in [-0.05, 0) is 93.2 Å². The zero-order valence-corrected chi connectivity index (χ0v) is 20.0. The first-order valence-electron chi connectivity index (χ1n) is 12.1. The molecule has 1 fully saturated rings. The third kappa shape index (κ3) is 4.80. The van der Waals surface area contributed by atoms with Gasteiger partial charge in [-0.3, -0.25) is 4.90 Å². The number of nitrogens with zero attached hydrogens (tertiary/aromatic N) is 1. The lowest BCUT2D eigenvalue weighted by molar-refractivity contribution is 0.0754. The van der Waals surface area contributed by atoms with Gasteiger partial charge in [-0.15, -0.1) is 0 Å². The van der Waals surface area contributed by atoms with Crippen LogP contribution in [-0.4, -0.2) is 24.0 Å². The van der Waals surface area contributed by atoms with Crippen molar-refractivity contribution in [1.82, 2.24) is 4.90 Å². The highest BCUT2D eigenvalue weighted by Crippen LogP contribution is 2.34. The first-order chi connectivity index (χ1) is 14.8. The van der Waals surface area contributed by atoms with Crippen molar-refractivity contribution in [1.29, 1.82) is 0 Å². The second-order valence-corrected chi connectivity index (χ2v) is 10.2. The lowest BCUT2D eigenvalue weighted by atomic mass is 9.89. The van der Waals surface area contributed by atoms with Crippen LogP contribution < -0.4 is 0 Å². The molecule has 0 N–H and O–H groups in total. The van der Waals surface area contributed by atoms with E-state index in [-0.39, 0.29) is 0 Å². The van der Waals surface area contributed by atoms with Crippen molar-refractivity contribution in [2.24, 2.45) is 5.92 Å². The van der Waals surface area contributed by atoms with Gasteiger partial charge in [-0.1, -0.05) is 55.0 Å². The molecule has 0 amide bonds. The summed E-state index contributed by atoms with van der Waals surface area (Å²) in [5.74, 6) is 0.771. The molecule has 1 nitrogen and oxygen atoms in total. The summed E-state index contributed by atoms with van der Waals surface area (Å²) in [4.78, 5) is 2.69. The number of alkyl halides is 1. The molecule has 0 radical (unpaired) electrons. The Hall–Kier alpha value is -1.93. The largest absolute Gasteiger partial charge is 0.298 e. The molecule has 1 atom stereocenters. The third-order valence-electron chi connectivity index (χ3n) is 7.55. The Morgan fingerprint density at radius 1 is 1.10 bits per heavy atom. The van der Waals surface area contributed by atoms with Gasteiger partial charge in [0.25, 0.3) is 0 Å². The van der Waals surface area contributed by atoms with Crippen LogP contribution in [0.25, 0.3) is 0 Å². The van der Waals surface area contributed by atoms with Gasteiger partial charge < -0.3 is 0 Å². The number of allylic oxidation sites excluding steroid dienone is 1. The number of likely N-dealkylation sites (tertiary alicyclic amines) is 1. The lowest BCUT2D eigenvalue weighted by Gasteiger charge is -2.44. The highest BCUT2D eigenvalue weighted by molar-refractivity contribution is 5.40. The minimum absolute atomic E-state index is 0.682. The van der Waals surface area contributed by atoms with Crippen LogP contribution in [0.5, 0.6) is 0 Å². The fraction of sp³-hybridized carbons (Fsp3) is 0.517. The molecule has 166 valence electrons. The zero-order chi connectivity index (χ0) is 22.2. The molecule has 0 aromatic heterocycles. The Bertz CT molecular complexity index is 959. The maximum Gasteiger partial charge on any atom is 0.130 e. The molecule has 31 heavy (non-hydrogen) atoms. The standard InChI is InChI=1S/C29H38FN/c1-6-8-20(2)26-18-31(19-26)27-16-24-14-12-22(15-25(24)17-27)11-13-23-9-7-10-28(21(23)3)29(4,5)30/h7-10,12,14-15,26-27H,6,11,13,16-19H2,1-5H3/b20-8+. The van der Waals surface area contributed by atoms with E-state index >= 15 is 0 Å². The smallest absolute Gasteiger partial charge is 0.130 e. The van der Waals surface area contributed by atoms with E-state index < -0.39 is 5.67 Å². The van der Waals surface area contributed by atoms with Gasteiger partial charge in [0, 0.05) is 25.0 Å². The maximum absolute atomic E-state index is 14.5. The van der Waals surface area contributed by atoms with Crippen molar-refractivity contribution in [3.05, 3.63) is 81.4 Å². The van der Waals surface area contributed by atoms with Crippen LogP contribution in [0.4, 0.5) is 4.39 Å². The summed E-state index contributed by atoms with van der Waals surface area (Å²) in [6.45, 7) is 12.4. The predicted octanol–water partition coefficient (Wildman–Crippen LogP) is 6.74. The number of rotatable bonds is 7. The predicted molar refractivity (Wildman–Crippen MR) is 129 cm³/mol.